The molecule has 1 N–H and O–H groups in total. The van der Waals surface area contributed by atoms with Crippen LogP contribution in [0.15, 0.2) is 52.3 Å². The Morgan fingerprint density at radius 2 is 2.08 bits per heavy atom. The molecule has 0 saturated carbocycles. The summed E-state index contributed by atoms with van der Waals surface area (Å²) in [6.45, 7) is 1.87. The number of carbonyl (C=O) groups excluding carboxylic acids is 1. The minimum absolute atomic E-state index is 0.100. The first-order chi connectivity index (χ1) is 12.6. The van der Waals surface area contributed by atoms with Gasteiger partial charge in [0.25, 0.3) is 0 Å². The van der Waals surface area contributed by atoms with Crippen LogP contribution in [-0.4, -0.2) is 29.3 Å². The van der Waals surface area contributed by atoms with Crippen molar-refractivity contribution in [1.82, 2.24) is 0 Å². The number of thiophene rings is 1. The van der Waals surface area contributed by atoms with Gasteiger partial charge in [0.1, 0.15) is 5.75 Å². The van der Waals surface area contributed by atoms with E-state index in [1.807, 2.05) is 0 Å². The molecule has 0 aliphatic heterocycles. The Balaban J connectivity index is 2.17. The van der Waals surface area contributed by atoms with E-state index in [-0.39, 0.29) is 13.2 Å². The molecule has 1 heterocycles. The van der Waals surface area contributed by atoms with Crippen LogP contribution in [0.25, 0.3) is 10.1 Å². The normalized spacial score (nSPS) is 12.2. The van der Waals surface area contributed by atoms with Crippen LogP contribution in [0.3, 0.4) is 0 Å². The fourth-order valence-corrected chi connectivity index (χ4v) is 5.33. The summed E-state index contributed by atoms with van der Waals surface area (Å²) in [6, 6.07) is 12.3. The quantitative estimate of drug-likeness (QED) is 0.512. The summed E-state index contributed by atoms with van der Waals surface area (Å²) in [4.78, 5) is 13.7. The second kappa shape index (κ2) is 8.09. The molecule has 0 aliphatic rings. The Kier molecular flexibility index (Phi) is 5.83. The molecule has 5 nitrogen and oxygen atoms in total. The fourth-order valence-electron chi connectivity index (χ4n) is 2.57. The molecule has 0 saturated heterocycles. The summed E-state index contributed by atoms with van der Waals surface area (Å²) < 4.78 is 24.4. The summed E-state index contributed by atoms with van der Waals surface area (Å²) in [6.07, 6.45) is 0. The highest BCUT2D eigenvalue weighted by Crippen LogP contribution is 2.39. The zero-order valence-electron chi connectivity index (χ0n) is 14.4. The van der Waals surface area contributed by atoms with E-state index in [1.165, 1.54) is 11.3 Å². The molecule has 26 heavy (non-hydrogen) atoms. The summed E-state index contributed by atoms with van der Waals surface area (Å²) in [5.41, 5.74) is 0.730. The van der Waals surface area contributed by atoms with Gasteiger partial charge in [0, 0.05) is 27.3 Å². The van der Waals surface area contributed by atoms with Gasteiger partial charge in [0.2, 0.25) is 0 Å². The standard InChI is InChI=1S/C19H18O5S2/c1-3-24-19(21)17-18(15-8-7-12(11-20)9-16(15)25-17)26(22)14-6-4-5-13(10-14)23-2/h4-10,20H,3,11H2,1-2H3. The van der Waals surface area contributed by atoms with Crippen molar-refractivity contribution in [2.24, 2.45) is 0 Å². The molecule has 0 amide bonds. The third-order valence-electron chi connectivity index (χ3n) is 3.79. The van der Waals surface area contributed by atoms with Crippen molar-refractivity contribution in [3.63, 3.8) is 0 Å². The van der Waals surface area contributed by atoms with E-state index in [2.05, 4.69) is 0 Å². The monoisotopic (exact) mass is 390 g/mol. The van der Waals surface area contributed by atoms with Gasteiger partial charge in [0.15, 0.2) is 14.7 Å². The van der Waals surface area contributed by atoms with Gasteiger partial charge in [-0.2, -0.15) is 0 Å². The number of methoxy groups -OCH3 is 1. The van der Waals surface area contributed by atoms with Gasteiger partial charge in [-0.3, -0.25) is 0 Å². The zero-order chi connectivity index (χ0) is 18.7. The number of aliphatic hydroxyl groups excluding tert-OH is 1. The molecule has 3 aromatic rings. The Morgan fingerprint density at radius 1 is 1.27 bits per heavy atom. The average molecular weight is 390 g/mol. The van der Waals surface area contributed by atoms with Crippen LogP contribution in [0.2, 0.25) is 0 Å². The average Bonchev–Trinajstić information content (AvgIpc) is 3.06. The topological polar surface area (TPSA) is 78.8 Å². The van der Waals surface area contributed by atoms with Crippen molar-refractivity contribution in [2.45, 2.75) is 23.3 Å². The van der Waals surface area contributed by atoms with E-state index >= 15 is 0 Å². The molecular formula is C19H18O5S2. The van der Waals surface area contributed by atoms with Crippen LogP contribution >= 0.6 is 11.3 Å². The molecule has 7 heteroatoms. The number of aliphatic hydroxyl groups is 1. The smallest absolute Gasteiger partial charge is 0.353 e. The minimum Gasteiger partial charge on any atom is -0.606 e. The lowest BCUT2D eigenvalue weighted by Crippen LogP contribution is -2.10. The Hall–Kier alpha value is -2.06. The lowest BCUT2D eigenvalue weighted by molar-refractivity contribution is 0.0528. The van der Waals surface area contributed by atoms with E-state index in [9.17, 15) is 14.5 Å². The van der Waals surface area contributed by atoms with Gasteiger partial charge in [-0.15, -0.1) is 11.3 Å². The van der Waals surface area contributed by atoms with Gasteiger partial charge in [-0.25, -0.2) is 4.79 Å². The predicted octanol–water partition coefficient (Wildman–Crippen LogP) is 3.75. The second-order valence-electron chi connectivity index (χ2n) is 5.42. The molecule has 3 rings (SSSR count). The van der Waals surface area contributed by atoms with Crippen LogP contribution in [0.4, 0.5) is 0 Å². The highest BCUT2D eigenvalue weighted by atomic mass is 32.2. The largest absolute Gasteiger partial charge is 0.606 e. The number of carbonyl (C=O) groups is 1. The van der Waals surface area contributed by atoms with Crippen molar-refractivity contribution in [3.05, 3.63) is 52.9 Å². The highest BCUT2D eigenvalue weighted by Gasteiger charge is 2.30. The van der Waals surface area contributed by atoms with Gasteiger partial charge >= 0.3 is 5.97 Å². The Morgan fingerprint density at radius 3 is 2.77 bits per heavy atom. The molecule has 1 unspecified atom stereocenters. The second-order valence-corrected chi connectivity index (χ2v) is 7.89. The maximum Gasteiger partial charge on any atom is 0.353 e. The summed E-state index contributed by atoms with van der Waals surface area (Å²) >= 11 is -0.355. The van der Waals surface area contributed by atoms with E-state index in [1.54, 1.807) is 56.5 Å². The predicted molar refractivity (Wildman–Crippen MR) is 101 cm³/mol. The molecule has 2 aromatic carbocycles. The van der Waals surface area contributed by atoms with Crippen LogP contribution in [-0.2, 0) is 22.5 Å². The SMILES string of the molecule is CCOC(=O)c1sc2cc(CO)ccc2c1[S+]([O-])c1cccc(OC)c1. The van der Waals surface area contributed by atoms with Crippen molar-refractivity contribution < 1.29 is 23.9 Å². The number of hydrogen-bond acceptors (Lipinski definition) is 6. The molecular weight excluding hydrogens is 372 g/mol. The third kappa shape index (κ3) is 3.57. The minimum atomic E-state index is -1.58. The molecule has 0 bridgehead atoms. The van der Waals surface area contributed by atoms with E-state index < -0.39 is 17.1 Å². The number of fused-ring (bicyclic) bond motifs is 1. The first-order valence-corrected chi connectivity index (χ1v) is 9.95. The number of ether oxygens (including phenoxy) is 2. The maximum atomic E-state index is 13.3. The number of esters is 1. The maximum absolute atomic E-state index is 13.3. The Labute approximate surface area is 158 Å². The van der Waals surface area contributed by atoms with Crippen molar-refractivity contribution in [1.29, 1.82) is 0 Å². The first-order valence-electron chi connectivity index (χ1n) is 7.98. The number of rotatable bonds is 6. The lowest BCUT2D eigenvalue weighted by Gasteiger charge is -2.12. The van der Waals surface area contributed by atoms with Gasteiger partial charge in [-0.1, -0.05) is 12.1 Å². The third-order valence-corrected chi connectivity index (χ3v) is 6.53. The van der Waals surface area contributed by atoms with Crippen molar-refractivity contribution in [3.8, 4) is 5.75 Å². The van der Waals surface area contributed by atoms with E-state index in [4.69, 9.17) is 9.47 Å². The van der Waals surface area contributed by atoms with E-state index in [0.29, 0.717) is 20.4 Å². The van der Waals surface area contributed by atoms with Crippen LogP contribution < -0.4 is 4.74 Å². The van der Waals surface area contributed by atoms with Crippen molar-refractivity contribution >= 4 is 38.6 Å². The number of benzene rings is 2. The van der Waals surface area contributed by atoms with Crippen LogP contribution in [0.5, 0.6) is 5.75 Å². The highest BCUT2D eigenvalue weighted by molar-refractivity contribution is 7.92. The van der Waals surface area contributed by atoms with Gasteiger partial charge < -0.3 is 19.1 Å². The zero-order valence-corrected chi connectivity index (χ0v) is 16.0. The van der Waals surface area contributed by atoms with Crippen LogP contribution in [0.1, 0.15) is 22.2 Å². The first kappa shape index (κ1) is 18.7. The molecule has 0 aliphatic carbocycles. The van der Waals surface area contributed by atoms with Crippen LogP contribution in [0, 0.1) is 0 Å². The molecule has 136 valence electrons. The molecule has 1 atom stereocenters. The molecule has 0 radical (unpaired) electrons. The van der Waals surface area contributed by atoms with Gasteiger partial charge in [-0.05, 0) is 36.8 Å². The van der Waals surface area contributed by atoms with Gasteiger partial charge in [0.05, 0.1) is 20.3 Å². The molecule has 0 spiro atoms. The summed E-state index contributed by atoms with van der Waals surface area (Å²) in [5.74, 6) is 0.0983. The Bertz CT molecular complexity index is 935. The lowest BCUT2D eigenvalue weighted by atomic mass is 10.2. The summed E-state index contributed by atoms with van der Waals surface area (Å²) in [7, 11) is 1.54. The summed E-state index contributed by atoms with van der Waals surface area (Å²) in [5, 5.41) is 10.1. The fraction of sp³-hybridized carbons (Fsp3) is 0.211. The number of hydrogen-bond donors (Lipinski definition) is 1. The van der Waals surface area contributed by atoms with E-state index in [0.717, 1.165) is 15.6 Å². The molecule has 1 aromatic heterocycles. The molecule has 0 fully saturated rings. The van der Waals surface area contributed by atoms with Crippen molar-refractivity contribution in [2.75, 3.05) is 13.7 Å².